The second-order valence-corrected chi connectivity index (χ2v) is 8.64. The van der Waals surface area contributed by atoms with Crippen LogP contribution in [0.2, 0.25) is 0 Å². The van der Waals surface area contributed by atoms with E-state index in [1.54, 1.807) is 24.3 Å². The maximum Gasteiger partial charge on any atom is 0.248 e. The van der Waals surface area contributed by atoms with Gasteiger partial charge in [0.25, 0.3) is 0 Å². The molecule has 4 aromatic rings. The van der Waals surface area contributed by atoms with Gasteiger partial charge in [0.2, 0.25) is 20.9 Å². The summed E-state index contributed by atoms with van der Waals surface area (Å²) in [5.41, 5.74) is 2.87. The number of imidazole rings is 1. The third-order valence-corrected chi connectivity index (χ3v) is 5.28. The molecule has 2 heterocycles. The van der Waals surface area contributed by atoms with Crippen molar-refractivity contribution < 1.29 is 13.2 Å². The van der Waals surface area contributed by atoms with Crippen molar-refractivity contribution in [3.05, 3.63) is 54.6 Å². The van der Waals surface area contributed by atoms with Crippen molar-refractivity contribution in [2.24, 2.45) is 0 Å². The van der Waals surface area contributed by atoms with Crippen molar-refractivity contribution in [2.45, 2.75) is 12.1 Å². The monoisotopic (exact) mass is 422 g/mol. The highest BCUT2D eigenvalue weighted by molar-refractivity contribution is 7.90. The summed E-state index contributed by atoms with van der Waals surface area (Å²) in [6.07, 6.45) is 1.03. The third-order valence-electron chi connectivity index (χ3n) is 4.33. The van der Waals surface area contributed by atoms with Crippen LogP contribution in [0.4, 0.5) is 5.69 Å². The van der Waals surface area contributed by atoms with Gasteiger partial charge in [0.15, 0.2) is 11.5 Å². The number of hydrogen-bond acceptors (Lipinski definition) is 7. The fourth-order valence-electron chi connectivity index (χ4n) is 3.08. The van der Waals surface area contributed by atoms with E-state index in [1.807, 2.05) is 30.3 Å². The molecule has 0 spiro atoms. The maximum absolute atomic E-state index is 12.1. The van der Waals surface area contributed by atoms with Gasteiger partial charge >= 0.3 is 0 Å². The van der Waals surface area contributed by atoms with Gasteiger partial charge in [0.1, 0.15) is 11.2 Å². The molecule has 152 valence electrons. The molecule has 0 aliphatic heterocycles. The van der Waals surface area contributed by atoms with Crippen LogP contribution in [-0.4, -0.2) is 40.2 Å². The molecular formula is C20H18N6O3S. The normalized spacial score (nSPS) is 11.5. The van der Waals surface area contributed by atoms with E-state index in [9.17, 15) is 13.2 Å². The Kier molecular flexibility index (Phi) is 4.70. The Bertz CT molecular complexity index is 1380. The van der Waals surface area contributed by atoms with Crippen molar-refractivity contribution in [1.82, 2.24) is 19.6 Å². The topological polar surface area (TPSA) is 133 Å². The molecule has 0 unspecified atom stereocenters. The zero-order valence-corrected chi connectivity index (χ0v) is 17.0. The molecule has 0 fully saturated rings. The molecule has 0 saturated heterocycles. The molecule has 0 aliphatic carbocycles. The molecule has 3 N–H and O–H groups in total. The van der Waals surface area contributed by atoms with Gasteiger partial charge in [-0.1, -0.05) is 42.5 Å². The number of hydrogen-bond donors (Lipinski definition) is 2. The van der Waals surface area contributed by atoms with Gasteiger partial charge < -0.3 is 11.2 Å². The Hall–Kier alpha value is -3.79. The number of aromatic nitrogens is 4. The van der Waals surface area contributed by atoms with Crippen LogP contribution in [0.1, 0.15) is 6.92 Å². The molecule has 0 radical (unpaired) electrons. The molecular weight excluding hydrogens is 404 g/mol. The first-order valence-electron chi connectivity index (χ1n) is 8.93. The van der Waals surface area contributed by atoms with Crippen molar-refractivity contribution in [3.8, 4) is 22.6 Å². The predicted molar refractivity (Wildman–Crippen MR) is 114 cm³/mol. The van der Waals surface area contributed by atoms with E-state index < -0.39 is 9.84 Å². The summed E-state index contributed by atoms with van der Waals surface area (Å²) < 4.78 is 25.2. The number of nitrogens with two attached hydrogens (primary N) is 1. The average Bonchev–Trinajstić information content (AvgIpc) is 3.05. The highest BCUT2D eigenvalue weighted by Crippen LogP contribution is 2.30. The lowest BCUT2D eigenvalue weighted by Gasteiger charge is -2.08. The number of nitrogen functional groups attached to an aromatic ring is 1. The molecule has 0 saturated carbocycles. The van der Waals surface area contributed by atoms with Gasteiger partial charge in [-0.25, -0.2) is 28.0 Å². The van der Waals surface area contributed by atoms with E-state index in [-0.39, 0.29) is 22.2 Å². The first-order chi connectivity index (χ1) is 14.2. The molecule has 2 aromatic heterocycles. The summed E-state index contributed by atoms with van der Waals surface area (Å²) >= 11 is 0. The lowest BCUT2D eigenvalue weighted by molar-refractivity contribution is -0.114. The Balaban J connectivity index is 2.01. The van der Waals surface area contributed by atoms with Crippen LogP contribution in [-0.2, 0) is 14.6 Å². The molecule has 10 heteroatoms. The molecule has 0 aliphatic rings. The standard InChI is InChI=1S/C20H18N6O3S/c1-12(27)22-15-10-6-9-14(11-15)18-23-16(13-7-4-3-5-8-13)17-19(25-18)26(21)20(24-17)30(2,28)29/h3-11H,21H2,1-2H3,(H,22,27). The highest BCUT2D eigenvalue weighted by Gasteiger charge is 2.23. The van der Waals surface area contributed by atoms with Gasteiger partial charge in [0.05, 0.1) is 0 Å². The number of nitrogens with zero attached hydrogens (tertiary/aromatic N) is 4. The number of benzene rings is 2. The Morgan fingerprint density at radius 1 is 1.00 bits per heavy atom. The second-order valence-electron chi connectivity index (χ2n) is 6.73. The number of rotatable bonds is 4. The van der Waals surface area contributed by atoms with E-state index in [4.69, 9.17) is 5.84 Å². The smallest absolute Gasteiger partial charge is 0.248 e. The molecule has 4 rings (SSSR count). The number of nitrogens with one attached hydrogen (secondary N) is 1. The predicted octanol–water partition coefficient (Wildman–Crippen LogP) is 2.24. The molecule has 1 amide bonds. The van der Waals surface area contributed by atoms with Crippen LogP contribution in [0, 0.1) is 0 Å². The van der Waals surface area contributed by atoms with Crippen molar-refractivity contribution in [3.63, 3.8) is 0 Å². The number of amides is 1. The number of carbonyl (C=O) groups excluding carboxylic acids is 1. The van der Waals surface area contributed by atoms with Crippen molar-refractivity contribution in [2.75, 3.05) is 17.4 Å². The van der Waals surface area contributed by atoms with E-state index in [1.165, 1.54) is 6.92 Å². The van der Waals surface area contributed by atoms with Crippen molar-refractivity contribution in [1.29, 1.82) is 0 Å². The zero-order chi connectivity index (χ0) is 21.5. The first kappa shape index (κ1) is 19.5. The van der Waals surface area contributed by atoms with E-state index in [2.05, 4.69) is 20.3 Å². The maximum atomic E-state index is 12.1. The molecule has 0 atom stereocenters. The van der Waals surface area contributed by atoms with E-state index in [0.29, 0.717) is 22.8 Å². The highest BCUT2D eigenvalue weighted by atomic mass is 32.2. The number of sulfone groups is 1. The van der Waals surface area contributed by atoms with Crippen LogP contribution < -0.4 is 11.2 Å². The summed E-state index contributed by atoms with van der Waals surface area (Å²) in [5.74, 6) is 6.16. The Labute approximate surface area is 172 Å². The molecule has 2 aromatic carbocycles. The Morgan fingerprint density at radius 3 is 2.37 bits per heavy atom. The molecule has 0 bridgehead atoms. The van der Waals surface area contributed by atoms with Gasteiger partial charge in [-0.2, -0.15) is 0 Å². The summed E-state index contributed by atoms with van der Waals surface area (Å²) in [6, 6.07) is 16.3. The summed E-state index contributed by atoms with van der Waals surface area (Å²) in [6.45, 7) is 1.42. The van der Waals surface area contributed by atoms with Crippen LogP contribution in [0.3, 0.4) is 0 Å². The van der Waals surface area contributed by atoms with Gasteiger partial charge in [0, 0.05) is 30.0 Å². The fourth-order valence-corrected chi connectivity index (χ4v) is 3.78. The molecule has 9 nitrogen and oxygen atoms in total. The summed E-state index contributed by atoms with van der Waals surface area (Å²) in [5, 5.41) is 2.42. The second kappa shape index (κ2) is 7.23. The largest absolute Gasteiger partial charge is 0.335 e. The van der Waals surface area contributed by atoms with Crippen molar-refractivity contribution >= 4 is 32.6 Å². The van der Waals surface area contributed by atoms with Gasteiger partial charge in [-0.05, 0) is 12.1 Å². The van der Waals surface area contributed by atoms with Crippen LogP contribution in [0.15, 0.2) is 59.8 Å². The minimum absolute atomic E-state index is 0.184. The Morgan fingerprint density at radius 2 is 1.70 bits per heavy atom. The lowest BCUT2D eigenvalue weighted by atomic mass is 10.1. The number of anilines is 1. The minimum atomic E-state index is -3.68. The van der Waals surface area contributed by atoms with Gasteiger partial charge in [-0.3, -0.25) is 4.79 Å². The van der Waals surface area contributed by atoms with Gasteiger partial charge in [-0.15, -0.1) is 0 Å². The van der Waals surface area contributed by atoms with Crippen LogP contribution in [0.5, 0.6) is 0 Å². The lowest BCUT2D eigenvalue weighted by Crippen LogP contribution is -2.16. The summed E-state index contributed by atoms with van der Waals surface area (Å²) in [4.78, 5) is 24.7. The van der Waals surface area contributed by atoms with Crippen LogP contribution >= 0.6 is 0 Å². The first-order valence-corrected chi connectivity index (χ1v) is 10.8. The van der Waals surface area contributed by atoms with E-state index >= 15 is 0 Å². The minimum Gasteiger partial charge on any atom is -0.335 e. The fraction of sp³-hybridized carbons (Fsp3) is 0.100. The quantitative estimate of drug-likeness (QED) is 0.482. The third kappa shape index (κ3) is 3.60. The summed E-state index contributed by atoms with van der Waals surface area (Å²) in [7, 11) is -3.68. The number of carbonyl (C=O) groups is 1. The van der Waals surface area contributed by atoms with E-state index in [0.717, 1.165) is 16.5 Å². The van der Waals surface area contributed by atoms with Crippen LogP contribution in [0.25, 0.3) is 33.8 Å². The average molecular weight is 422 g/mol. The SMILES string of the molecule is CC(=O)Nc1cccc(-c2nc(-c3ccccc3)c3nc(S(C)(=O)=O)n(N)c3n2)c1. The number of fused-ring (bicyclic) bond motifs is 1. The molecule has 30 heavy (non-hydrogen) atoms. The zero-order valence-electron chi connectivity index (χ0n) is 16.2.